The lowest BCUT2D eigenvalue weighted by atomic mass is 9.43. The molecule has 0 radical (unpaired) electrons. The van der Waals surface area contributed by atoms with Crippen molar-refractivity contribution in [2.45, 2.75) is 75.0 Å². The van der Waals surface area contributed by atoms with Crippen LogP contribution in [0.5, 0.6) is 0 Å². The Morgan fingerprint density at radius 3 is 1.92 bits per heavy atom. The molecule has 0 saturated heterocycles. The van der Waals surface area contributed by atoms with Crippen molar-refractivity contribution in [3.8, 4) is 33.4 Å². The molecule has 7 aliphatic rings. The zero-order valence-electron chi connectivity index (χ0n) is 34.2. The monoisotopic (exact) mass is 775 g/mol. The quantitative estimate of drug-likeness (QED) is 0.177. The highest BCUT2D eigenvalue weighted by Crippen LogP contribution is 2.70. The second-order valence-corrected chi connectivity index (χ2v) is 19.5. The maximum atomic E-state index is 6.54. The molecule has 0 unspecified atom stereocenters. The van der Waals surface area contributed by atoms with E-state index in [1.165, 1.54) is 131 Å². The van der Waals surface area contributed by atoms with E-state index in [0.717, 1.165) is 40.4 Å². The number of rotatable bonds is 4. The molecule has 8 aromatic rings. The highest BCUT2D eigenvalue weighted by Gasteiger charge is 2.61. The Balaban J connectivity index is 0.973. The van der Waals surface area contributed by atoms with Gasteiger partial charge in [0.25, 0.3) is 0 Å². The minimum absolute atomic E-state index is 0.0870. The van der Waals surface area contributed by atoms with Gasteiger partial charge in [0.05, 0.1) is 5.69 Å². The molecule has 0 atom stereocenters. The van der Waals surface area contributed by atoms with Crippen molar-refractivity contribution in [1.29, 1.82) is 0 Å². The summed E-state index contributed by atoms with van der Waals surface area (Å²) in [7, 11) is 0. The Kier molecular flexibility index (Phi) is 6.98. The molecule has 0 aliphatic heterocycles. The predicted octanol–water partition coefficient (Wildman–Crippen LogP) is 15.7. The average molecular weight is 776 g/mol. The molecule has 2 spiro atoms. The zero-order valence-corrected chi connectivity index (χ0v) is 34.2. The topological polar surface area (TPSA) is 16.4 Å². The van der Waals surface area contributed by atoms with Crippen LogP contribution in [0.15, 0.2) is 156 Å². The molecule has 5 saturated carbocycles. The smallest absolute Gasteiger partial charge is 0.143 e. The van der Waals surface area contributed by atoms with Gasteiger partial charge in [0.1, 0.15) is 11.2 Å². The van der Waals surface area contributed by atoms with Crippen molar-refractivity contribution in [3.05, 3.63) is 174 Å². The Labute approximate surface area is 352 Å². The SMILES string of the molecule is c1ccc2c(c1)-c1c(N(c3ccc(-c4cccc5c4oc4ccccc45)cc3)c3ccc4c(c3)-c3ccccc3[C@]43[C@@H]4CC5C[C@@H](C4)C[C@@H]3C5)cccc1C21CCCCC1. The average Bonchev–Trinajstić information content (AvgIpc) is 3.91. The van der Waals surface area contributed by atoms with Crippen LogP contribution in [-0.4, -0.2) is 0 Å². The molecule has 1 heterocycles. The molecule has 1 aromatic heterocycles. The normalized spacial score (nSPS) is 24.9. The van der Waals surface area contributed by atoms with E-state index in [1.807, 2.05) is 0 Å². The number of para-hydroxylation sites is 2. The maximum absolute atomic E-state index is 6.54. The molecule has 2 nitrogen and oxygen atoms in total. The fourth-order valence-electron chi connectivity index (χ4n) is 14.8. The lowest BCUT2D eigenvalue weighted by molar-refractivity contribution is -0.0399. The third-order valence-electron chi connectivity index (χ3n) is 16.9. The summed E-state index contributed by atoms with van der Waals surface area (Å²) in [6.45, 7) is 0. The minimum Gasteiger partial charge on any atom is -0.455 e. The molecular weight excluding hydrogens is 727 g/mol. The fraction of sp³-hybridized carbons (Fsp3) is 0.276. The molecule has 7 aliphatic carbocycles. The number of hydrogen-bond acceptors (Lipinski definition) is 2. The molecular formula is C58H49NO. The standard InChI is InChI=1S/C58H49NO/c1-8-28-57(29-9-1)49-17-5-3-14-47(49)55-52(57)19-11-20-53(55)59(41-24-22-38(23-25-41)43-15-10-16-46-45-13-4-7-21-54(45)60-56(43)46)42-26-27-51-48(35-42)44-12-2-6-18-50(44)58(51)39-31-36-30-37(33-39)34-40(58)32-36/h2-7,10-27,35-37,39-40H,1,8-9,28-34H2/t36-,37?,39-,40+,58+. The van der Waals surface area contributed by atoms with E-state index in [0.29, 0.717) is 0 Å². The van der Waals surface area contributed by atoms with E-state index in [9.17, 15) is 0 Å². The third kappa shape index (κ3) is 4.40. The van der Waals surface area contributed by atoms with E-state index in [1.54, 1.807) is 11.1 Å². The summed E-state index contributed by atoms with van der Waals surface area (Å²) in [5.74, 6) is 3.37. The predicted molar refractivity (Wildman–Crippen MR) is 246 cm³/mol. The molecule has 7 aromatic carbocycles. The summed E-state index contributed by atoms with van der Waals surface area (Å²) < 4.78 is 6.54. The summed E-state index contributed by atoms with van der Waals surface area (Å²) in [4.78, 5) is 2.60. The van der Waals surface area contributed by atoms with Crippen LogP contribution in [0.4, 0.5) is 17.1 Å². The lowest BCUT2D eigenvalue weighted by Gasteiger charge is -2.61. The number of fused-ring (bicyclic) bond motifs is 11. The molecule has 292 valence electrons. The molecule has 60 heavy (non-hydrogen) atoms. The highest BCUT2D eigenvalue weighted by molar-refractivity contribution is 6.09. The van der Waals surface area contributed by atoms with Crippen molar-refractivity contribution >= 4 is 39.0 Å². The van der Waals surface area contributed by atoms with Crippen LogP contribution in [0.1, 0.15) is 86.5 Å². The summed E-state index contributed by atoms with van der Waals surface area (Å²) in [5, 5.41) is 2.33. The van der Waals surface area contributed by atoms with Gasteiger partial charge in [-0.05, 0) is 150 Å². The summed E-state index contributed by atoms with van der Waals surface area (Å²) in [6, 6.07) is 58.2. The molecule has 5 fully saturated rings. The first-order valence-electron chi connectivity index (χ1n) is 23.0. The van der Waals surface area contributed by atoms with Gasteiger partial charge in [-0.2, -0.15) is 0 Å². The van der Waals surface area contributed by atoms with Gasteiger partial charge >= 0.3 is 0 Å². The second kappa shape index (κ2) is 12.4. The number of anilines is 3. The number of nitrogens with zero attached hydrogens (tertiary/aromatic N) is 1. The first-order chi connectivity index (χ1) is 29.7. The van der Waals surface area contributed by atoms with Crippen LogP contribution in [-0.2, 0) is 10.8 Å². The number of furan rings is 1. The van der Waals surface area contributed by atoms with Crippen molar-refractivity contribution in [2.75, 3.05) is 4.90 Å². The Bertz CT molecular complexity index is 3020. The first-order valence-corrected chi connectivity index (χ1v) is 23.0. The van der Waals surface area contributed by atoms with Crippen LogP contribution in [0.3, 0.4) is 0 Å². The molecule has 4 bridgehead atoms. The van der Waals surface area contributed by atoms with E-state index in [2.05, 4.69) is 157 Å². The van der Waals surface area contributed by atoms with Crippen molar-refractivity contribution in [3.63, 3.8) is 0 Å². The Morgan fingerprint density at radius 1 is 0.467 bits per heavy atom. The van der Waals surface area contributed by atoms with Gasteiger partial charge in [-0.15, -0.1) is 0 Å². The second-order valence-electron chi connectivity index (χ2n) is 19.5. The summed E-state index contributed by atoms with van der Waals surface area (Å²) in [6.07, 6.45) is 13.5. The zero-order chi connectivity index (χ0) is 39.2. The van der Waals surface area contributed by atoms with Crippen LogP contribution in [0.2, 0.25) is 0 Å². The van der Waals surface area contributed by atoms with Crippen LogP contribution in [0.25, 0.3) is 55.3 Å². The fourth-order valence-corrected chi connectivity index (χ4v) is 14.8. The summed E-state index contributed by atoms with van der Waals surface area (Å²) in [5.41, 5.74) is 20.2. The van der Waals surface area contributed by atoms with Crippen molar-refractivity contribution in [1.82, 2.24) is 0 Å². The number of hydrogen-bond donors (Lipinski definition) is 0. The van der Waals surface area contributed by atoms with Gasteiger partial charge in [-0.3, -0.25) is 0 Å². The third-order valence-corrected chi connectivity index (χ3v) is 16.9. The number of benzene rings is 7. The highest BCUT2D eigenvalue weighted by atomic mass is 16.3. The molecule has 15 rings (SSSR count). The maximum Gasteiger partial charge on any atom is 0.143 e. The molecule has 0 amide bonds. The van der Waals surface area contributed by atoms with Crippen LogP contribution >= 0.6 is 0 Å². The van der Waals surface area contributed by atoms with E-state index in [-0.39, 0.29) is 10.8 Å². The van der Waals surface area contributed by atoms with E-state index >= 15 is 0 Å². The Morgan fingerprint density at radius 2 is 1.10 bits per heavy atom. The van der Waals surface area contributed by atoms with Crippen LogP contribution in [0, 0.1) is 23.7 Å². The van der Waals surface area contributed by atoms with Gasteiger partial charge < -0.3 is 9.32 Å². The van der Waals surface area contributed by atoms with Gasteiger partial charge in [-0.25, -0.2) is 0 Å². The van der Waals surface area contributed by atoms with Gasteiger partial charge in [0, 0.05) is 44.1 Å². The van der Waals surface area contributed by atoms with Crippen LogP contribution < -0.4 is 4.90 Å². The van der Waals surface area contributed by atoms with Gasteiger partial charge in [-0.1, -0.05) is 135 Å². The largest absolute Gasteiger partial charge is 0.455 e. The lowest BCUT2D eigenvalue weighted by Crippen LogP contribution is -2.55. The van der Waals surface area contributed by atoms with Crippen molar-refractivity contribution < 1.29 is 4.42 Å². The van der Waals surface area contributed by atoms with E-state index < -0.39 is 0 Å². The molecule has 0 N–H and O–H groups in total. The minimum atomic E-state index is 0.0870. The summed E-state index contributed by atoms with van der Waals surface area (Å²) >= 11 is 0. The van der Waals surface area contributed by atoms with Crippen molar-refractivity contribution in [2.24, 2.45) is 23.7 Å². The van der Waals surface area contributed by atoms with E-state index in [4.69, 9.17) is 4.42 Å². The Hall–Kier alpha value is -5.86. The van der Waals surface area contributed by atoms with Gasteiger partial charge in [0.2, 0.25) is 0 Å². The van der Waals surface area contributed by atoms with Gasteiger partial charge in [0.15, 0.2) is 0 Å². The molecule has 2 heteroatoms. The first kappa shape index (κ1) is 33.9.